The molecule has 5 heteroatoms. The monoisotopic (exact) mass is 308 g/mol. The van der Waals surface area contributed by atoms with E-state index in [4.69, 9.17) is 0 Å². The van der Waals surface area contributed by atoms with Crippen LogP contribution in [-0.2, 0) is 14.4 Å². The Kier molecular flexibility index (Phi) is 5.24. The fraction of sp³-hybridized carbons (Fsp3) is 0.824. The summed E-state index contributed by atoms with van der Waals surface area (Å²) in [6, 6.07) is -0.388. The molecule has 1 N–H and O–H groups in total. The summed E-state index contributed by atoms with van der Waals surface area (Å²) >= 11 is 0. The zero-order chi connectivity index (χ0) is 16.3. The summed E-state index contributed by atoms with van der Waals surface area (Å²) in [6.07, 6.45) is 6.77. The molecule has 2 fully saturated rings. The van der Waals surface area contributed by atoms with Crippen molar-refractivity contribution in [3.05, 3.63) is 0 Å². The summed E-state index contributed by atoms with van der Waals surface area (Å²) < 4.78 is 0. The first-order valence-corrected chi connectivity index (χ1v) is 8.46. The number of amides is 2. The molecule has 1 aliphatic heterocycles. The van der Waals surface area contributed by atoms with Gasteiger partial charge >= 0.3 is 11.8 Å². The lowest BCUT2D eigenvalue weighted by molar-refractivity contribution is -0.149. The minimum Gasteiger partial charge on any atom is -0.343 e. The number of carbonyl (C=O) groups is 3. The smallest absolute Gasteiger partial charge is 0.312 e. The third-order valence-electron chi connectivity index (χ3n) is 4.53. The molecule has 1 saturated carbocycles. The number of hydrogen-bond donors (Lipinski definition) is 1. The molecule has 124 valence electrons. The number of nitrogens with zero attached hydrogens (tertiary/aromatic N) is 1. The number of ketones is 1. The number of carbonyl (C=O) groups excluding carboxylic acids is 3. The Morgan fingerprint density at radius 1 is 0.955 bits per heavy atom. The lowest BCUT2D eigenvalue weighted by Gasteiger charge is -2.29. The highest BCUT2D eigenvalue weighted by atomic mass is 16.2. The van der Waals surface area contributed by atoms with Crippen molar-refractivity contribution in [2.24, 2.45) is 5.92 Å². The van der Waals surface area contributed by atoms with E-state index >= 15 is 0 Å². The van der Waals surface area contributed by atoms with Gasteiger partial charge in [-0.2, -0.15) is 0 Å². The van der Waals surface area contributed by atoms with Crippen LogP contribution in [0.4, 0.5) is 0 Å². The number of nitrogens with one attached hydrogen (secondary N) is 1. The maximum Gasteiger partial charge on any atom is 0.312 e. The van der Waals surface area contributed by atoms with Crippen molar-refractivity contribution in [2.75, 3.05) is 6.54 Å². The van der Waals surface area contributed by atoms with Gasteiger partial charge in [0.15, 0.2) is 5.78 Å². The first-order valence-electron chi connectivity index (χ1n) is 8.46. The van der Waals surface area contributed by atoms with Crippen molar-refractivity contribution in [3.8, 4) is 0 Å². The zero-order valence-corrected chi connectivity index (χ0v) is 14.0. The largest absolute Gasteiger partial charge is 0.343 e. The molecule has 0 bridgehead atoms. The van der Waals surface area contributed by atoms with E-state index in [0.29, 0.717) is 13.0 Å². The van der Waals surface area contributed by atoms with Gasteiger partial charge in [-0.05, 0) is 46.5 Å². The first-order chi connectivity index (χ1) is 10.3. The zero-order valence-electron chi connectivity index (χ0n) is 14.0. The number of rotatable bonds is 2. The quantitative estimate of drug-likeness (QED) is 0.794. The second-order valence-corrected chi connectivity index (χ2v) is 7.60. The minimum atomic E-state index is -0.601. The highest BCUT2D eigenvalue weighted by Gasteiger charge is 2.39. The SMILES string of the molecule is CC(C)(C)NC(=O)C(=O)N1CCCC1C(=O)C1CCCCC1. The number of hydrogen-bond acceptors (Lipinski definition) is 3. The summed E-state index contributed by atoms with van der Waals surface area (Å²) in [5.74, 6) is -0.899. The molecule has 5 nitrogen and oxygen atoms in total. The molecule has 1 heterocycles. The van der Waals surface area contributed by atoms with Crippen LogP contribution in [0.15, 0.2) is 0 Å². The summed E-state index contributed by atoms with van der Waals surface area (Å²) in [5, 5.41) is 2.69. The Hall–Kier alpha value is -1.39. The molecule has 0 aromatic heterocycles. The first kappa shape index (κ1) is 17.0. The molecular formula is C17H28N2O3. The molecule has 0 spiro atoms. The number of likely N-dealkylation sites (tertiary alicyclic amines) is 1. The molecule has 22 heavy (non-hydrogen) atoms. The van der Waals surface area contributed by atoms with Crippen molar-refractivity contribution in [3.63, 3.8) is 0 Å². The van der Waals surface area contributed by atoms with Gasteiger partial charge < -0.3 is 10.2 Å². The van der Waals surface area contributed by atoms with Gasteiger partial charge in [-0.1, -0.05) is 19.3 Å². The van der Waals surface area contributed by atoms with Crippen LogP contribution < -0.4 is 5.32 Å². The van der Waals surface area contributed by atoms with Gasteiger partial charge in [0.1, 0.15) is 0 Å². The van der Waals surface area contributed by atoms with Gasteiger partial charge in [-0.25, -0.2) is 0 Å². The van der Waals surface area contributed by atoms with E-state index in [0.717, 1.165) is 32.1 Å². The molecule has 2 amide bonds. The highest BCUT2D eigenvalue weighted by molar-refractivity contribution is 6.35. The van der Waals surface area contributed by atoms with Crippen LogP contribution in [0.3, 0.4) is 0 Å². The lowest BCUT2D eigenvalue weighted by Crippen LogP contribution is -2.52. The van der Waals surface area contributed by atoms with Crippen molar-refractivity contribution in [2.45, 2.75) is 77.3 Å². The van der Waals surface area contributed by atoms with Gasteiger partial charge in [0.05, 0.1) is 6.04 Å². The predicted molar refractivity (Wildman–Crippen MR) is 84.2 cm³/mol. The second-order valence-electron chi connectivity index (χ2n) is 7.60. The van der Waals surface area contributed by atoms with Crippen LogP contribution in [0.25, 0.3) is 0 Å². The van der Waals surface area contributed by atoms with Crippen molar-refractivity contribution in [1.82, 2.24) is 10.2 Å². The molecular weight excluding hydrogens is 280 g/mol. The Bertz CT molecular complexity index is 447. The van der Waals surface area contributed by atoms with Gasteiger partial charge in [0.2, 0.25) is 0 Å². The molecule has 0 aromatic carbocycles. The Morgan fingerprint density at radius 3 is 2.18 bits per heavy atom. The van der Waals surface area contributed by atoms with E-state index in [-0.39, 0.29) is 17.7 Å². The fourth-order valence-electron chi connectivity index (χ4n) is 3.49. The van der Waals surface area contributed by atoms with E-state index in [1.165, 1.54) is 11.3 Å². The molecule has 0 aromatic rings. The van der Waals surface area contributed by atoms with E-state index in [9.17, 15) is 14.4 Å². The van der Waals surface area contributed by atoms with Crippen molar-refractivity contribution >= 4 is 17.6 Å². The average Bonchev–Trinajstić information content (AvgIpc) is 2.94. The highest BCUT2D eigenvalue weighted by Crippen LogP contribution is 2.29. The van der Waals surface area contributed by atoms with Crippen molar-refractivity contribution < 1.29 is 14.4 Å². The standard InChI is InChI=1S/C17H28N2O3/c1-17(2,3)18-15(21)16(22)19-11-7-10-13(19)14(20)12-8-5-4-6-9-12/h12-13H,4-11H2,1-3H3,(H,18,21). The fourth-order valence-corrected chi connectivity index (χ4v) is 3.49. The maximum absolute atomic E-state index is 12.7. The minimum absolute atomic E-state index is 0.0813. The van der Waals surface area contributed by atoms with Gasteiger partial charge in [0, 0.05) is 18.0 Å². The summed E-state index contributed by atoms with van der Waals surface area (Å²) in [7, 11) is 0. The Labute approximate surface area is 132 Å². The Morgan fingerprint density at radius 2 is 1.59 bits per heavy atom. The van der Waals surface area contributed by atoms with Crippen LogP contribution in [0.1, 0.15) is 65.7 Å². The summed E-state index contributed by atoms with van der Waals surface area (Å²) in [5.41, 5.74) is -0.449. The molecule has 1 aliphatic carbocycles. The van der Waals surface area contributed by atoms with Gasteiger partial charge in [-0.15, -0.1) is 0 Å². The second kappa shape index (κ2) is 6.80. The summed E-state index contributed by atoms with van der Waals surface area (Å²) in [4.78, 5) is 38.7. The third-order valence-corrected chi connectivity index (χ3v) is 4.53. The predicted octanol–water partition coefficient (Wildman–Crippen LogP) is 2.04. The van der Waals surface area contributed by atoms with Crippen molar-refractivity contribution in [1.29, 1.82) is 0 Å². The van der Waals surface area contributed by atoms with E-state index < -0.39 is 17.4 Å². The number of Topliss-reactive ketones (excluding diaryl/α,β-unsaturated/α-hetero) is 1. The van der Waals surface area contributed by atoms with Crippen LogP contribution in [-0.4, -0.2) is 40.6 Å². The summed E-state index contributed by atoms with van der Waals surface area (Å²) in [6.45, 7) is 6.03. The maximum atomic E-state index is 12.7. The lowest BCUT2D eigenvalue weighted by atomic mass is 9.83. The van der Waals surface area contributed by atoms with E-state index in [2.05, 4.69) is 5.32 Å². The Balaban J connectivity index is 2.01. The van der Waals surface area contributed by atoms with E-state index in [1.807, 2.05) is 20.8 Å². The molecule has 2 aliphatic rings. The third kappa shape index (κ3) is 4.08. The molecule has 1 saturated heterocycles. The average molecular weight is 308 g/mol. The molecule has 1 atom stereocenters. The van der Waals surface area contributed by atoms with Gasteiger partial charge in [-0.3, -0.25) is 14.4 Å². The van der Waals surface area contributed by atoms with E-state index in [1.54, 1.807) is 0 Å². The van der Waals surface area contributed by atoms with Gasteiger partial charge in [0.25, 0.3) is 0 Å². The molecule has 0 radical (unpaired) electrons. The van der Waals surface area contributed by atoms with Crippen LogP contribution >= 0.6 is 0 Å². The normalized spacial score (nSPS) is 23.4. The molecule has 2 rings (SSSR count). The van der Waals surface area contributed by atoms with Crippen LogP contribution in [0, 0.1) is 5.92 Å². The topological polar surface area (TPSA) is 66.5 Å². The van der Waals surface area contributed by atoms with Crippen LogP contribution in [0.2, 0.25) is 0 Å². The molecule has 1 unspecified atom stereocenters. The van der Waals surface area contributed by atoms with Crippen LogP contribution in [0.5, 0.6) is 0 Å².